The summed E-state index contributed by atoms with van der Waals surface area (Å²) < 4.78 is 0. The van der Waals surface area contributed by atoms with Crippen molar-refractivity contribution >= 4 is 76.7 Å². The molecular formula is C28H16O2. The molecule has 0 fully saturated rings. The predicted molar refractivity (Wildman–Crippen MR) is 125 cm³/mol. The van der Waals surface area contributed by atoms with E-state index in [1.807, 2.05) is 6.07 Å². The zero-order valence-corrected chi connectivity index (χ0v) is 16.2. The Morgan fingerprint density at radius 3 is 1.57 bits per heavy atom. The van der Waals surface area contributed by atoms with Gasteiger partial charge >= 0.3 is 0 Å². The van der Waals surface area contributed by atoms with Crippen molar-refractivity contribution in [3.63, 3.8) is 0 Å². The second-order valence-corrected chi connectivity index (χ2v) is 8.29. The van der Waals surface area contributed by atoms with E-state index in [2.05, 4.69) is 60.7 Å². The van der Waals surface area contributed by atoms with Crippen LogP contribution in [-0.4, -0.2) is 12.1 Å². The van der Waals surface area contributed by atoms with Crippen LogP contribution in [-0.2, 0) is 4.79 Å². The molecule has 0 heterocycles. The Kier molecular flexibility index (Phi) is 2.91. The Bertz CT molecular complexity index is 1720. The molecule has 0 saturated carbocycles. The molecule has 0 radical (unpaired) electrons. The lowest BCUT2D eigenvalue weighted by Gasteiger charge is -2.21. The molecule has 7 rings (SSSR count). The Hall–Kier alpha value is -3.78. The van der Waals surface area contributed by atoms with Crippen LogP contribution in [0.2, 0.25) is 0 Å². The molecule has 0 aliphatic heterocycles. The molecule has 0 aromatic heterocycles. The molecular weight excluding hydrogens is 368 g/mol. The average molecular weight is 384 g/mol. The van der Waals surface area contributed by atoms with Crippen LogP contribution in [0.4, 0.5) is 0 Å². The van der Waals surface area contributed by atoms with Gasteiger partial charge in [-0.25, -0.2) is 0 Å². The molecule has 0 aliphatic carbocycles. The molecule has 7 aromatic rings. The van der Waals surface area contributed by atoms with Crippen molar-refractivity contribution in [2.45, 2.75) is 12.8 Å². The van der Waals surface area contributed by atoms with Crippen LogP contribution < -0.4 is 0 Å². The first-order chi connectivity index (χ1) is 14.8. The smallest absolute Gasteiger partial charge is 0.163 e. The van der Waals surface area contributed by atoms with E-state index in [4.69, 9.17) is 0 Å². The summed E-state index contributed by atoms with van der Waals surface area (Å²) >= 11 is 0. The van der Waals surface area contributed by atoms with Crippen LogP contribution >= 0.6 is 0 Å². The number of benzene rings is 7. The highest BCUT2D eigenvalue weighted by atomic mass is 16.1. The number of rotatable bonds is 4. The van der Waals surface area contributed by atoms with Crippen molar-refractivity contribution in [2.24, 2.45) is 0 Å². The summed E-state index contributed by atoms with van der Waals surface area (Å²) in [6, 6.07) is 23.8. The van der Waals surface area contributed by atoms with E-state index in [9.17, 15) is 9.59 Å². The van der Waals surface area contributed by atoms with Gasteiger partial charge in [-0.3, -0.25) is 4.79 Å². The van der Waals surface area contributed by atoms with Gasteiger partial charge in [0, 0.05) is 18.4 Å². The van der Waals surface area contributed by atoms with Crippen LogP contribution in [0.1, 0.15) is 23.2 Å². The topological polar surface area (TPSA) is 34.1 Å². The highest BCUT2D eigenvalue weighted by Gasteiger charge is 2.22. The summed E-state index contributed by atoms with van der Waals surface area (Å²) in [4.78, 5) is 23.9. The van der Waals surface area contributed by atoms with Gasteiger partial charge in [-0.2, -0.15) is 0 Å². The minimum absolute atomic E-state index is 0.0349. The zero-order valence-electron chi connectivity index (χ0n) is 16.2. The molecule has 0 spiro atoms. The molecule has 0 atom stereocenters. The first-order valence-electron chi connectivity index (χ1n) is 10.3. The summed E-state index contributed by atoms with van der Waals surface area (Å²) in [6.07, 6.45) is 1.34. The van der Waals surface area contributed by atoms with Gasteiger partial charge in [0.25, 0.3) is 0 Å². The molecule has 0 bridgehead atoms. The normalized spacial score (nSPS) is 12.5. The van der Waals surface area contributed by atoms with Gasteiger partial charge in [0.15, 0.2) is 5.78 Å². The summed E-state index contributed by atoms with van der Waals surface area (Å²) in [5.41, 5.74) is 0.726. The van der Waals surface area contributed by atoms with Crippen LogP contribution in [0.5, 0.6) is 0 Å². The molecule has 0 saturated heterocycles. The Morgan fingerprint density at radius 2 is 1.03 bits per heavy atom. The van der Waals surface area contributed by atoms with E-state index in [1.54, 1.807) is 0 Å². The summed E-state index contributed by atoms with van der Waals surface area (Å²) in [5, 5.41) is 14.6. The van der Waals surface area contributed by atoms with E-state index in [0.717, 1.165) is 22.6 Å². The van der Waals surface area contributed by atoms with Crippen molar-refractivity contribution in [2.75, 3.05) is 0 Å². The van der Waals surface area contributed by atoms with Gasteiger partial charge in [-0.15, -0.1) is 0 Å². The Balaban J connectivity index is 1.83. The standard InChI is InChI=1S/C28H16O2/c29-13-1-2-22(30)21-14-19-10-9-17-6-4-15-3-5-16-7-8-18-11-12-20(21)28-26(18)24(16)23(15)25(17)27(19)28/h3-14H,1-2H2. The van der Waals surface area contributed by atoms with Crippen molar-refractivity contribution in [3.05, 3.63) is 72.3 Å². The van der Waals surface area contributed by atoms with Gasteiger partial charge in [0.2, 0.25) is 0 Å². The fourth-order valence-electron chi connectivity index (χ4n) is 5.54. The van der Waals surface area contributed by atoms with Crippen LogP contribution in [0.25, 0.3) is 64.6 Å². The second kappa shape index (κ2) is 5.43. The van der Waals surface area contributed by atoms with E-state index in [1.165, 1.54) is 53.9 Å². The molecule has 0 unspecified atom stereocenters. The maximum atomic E-state index is 13.0. The Morgan fingerprint density at radius 1 is 0.600 bits per heavy atom. The fraction of sp³-hybridized carbons (Fsp3) is 0.0714. The van der Waals surface area contributed by atoms with Gasteiger partial charge in [-0.1, -0.05) is 60.7 Å². The van der Waals surface area contributed by atoms with E-state index >= 15 is 0 Å². The molecule has 0 amide bonds. The molecule has 2 heteroatoms. The fourth-order valence-corrected chi connectivity index (χ4v) is 5.54. The molecule has 2 nitrogen and oxygen atoms in total. The van der Waals surface area contributed by atoms with Gasteiger partial charge < -0.3 is 4.79 Å². The molecule has 30 heavy (non-hydrogen) atoms. The van der Waals surface area contributed by atoms with Gasteiger partial charge in [0.1, 0.15) is 6.29 Å². The van der Waals surface area contributed by atoms with Gasteiger partial charge in [-0.05, 0) is 70.7 Å². The van der Waals surface area contributed by atoms with Crippen molar-refractivity contribution in [3.8, 4) is 0 Å². The lowest BCUT2D eigenvalue weighted by Crippen LogP contribution is -2.02. The minimum Gasteiger partial charge on any atom is -0.303 e. The number of Topliss-reactive ketones (excluding diaryl/α,β-unsaturated/α-hetero) is 1. The number of hydrogen-bond donors (Lipinski definition) is 0. The lowest BCUT2D eigenvalue weighted by molar-refractivity contribution is -0.107. The molecule has 140 valence electrons. The molecule has 0 N–H and O–H groups in total. The highest BCUT2D eigenvalue weighted by molar-refractivity contribution is 6.45. The summed E-state index contributed by atoms with van der Waals surface area (Å²) in [6.45, 7) is 0. The third-order valence-corrected chi connectivity index (χ3v) is 6.79. The minimum atomic E-state index is 0.0349. The molecule has 0 aliphatic rings. The van der Waals surface area contributed by atoms with Crippen molar-refractivity contribution < 1.29 is 9.59 Å². The second-order valence-electron chi connectivity index (χ2n) is 8.29. The maximum Gasteiger partial charge on any atom is 0.163 e. The first kappa shape index (κ1) is 16.1. The van der Waals surface area contributed by atoms with E-state index < -0.39 is 0 Å². The number of ketones is 1. The van der Waals surface area contributed by atoms with Crippen LogP contribution in [0.15, 0.2) is 66.7 Å². The zero-order chi connectivity index (χ0) is 20.0. The Labute approximate surface area is 171 Å². The third-order valence-electron chi connectivity index (χ3n) is 6.79. The number of carbonyl (C=O) groups excluding carboxylic acids is 2. The van der Waals surface area contributed by atoms with Crippen molar-refractivity contribution in [1.82, 2.24) is 0 Å². The monoisotopic (exact) mass is 384 g/mol. The predicted octanol–water partition coefficient (Wildman–Crippen LogP) is 7.08. The van der Waals surface area contributed by atoms with Crippen molar-refractivity contribution in [1.29, 1.82) is 0 Å². The van der Waals surface area contributed by atoms with E-state index in [-0.39, 0.29) is 18.6 Å². The van der Waals surface area contributed by atoms with Crippen LogP contribution in [0, 0.1) is 0 Å². The summed E-state index contributed by atoms with van der Waals surface area (Å²) in [7, 11) is 0. The number of hydrogen-bond acceptors (Lipinski definition) is 2. The quantitative estimate of drug-likeness (QED) is 0.141. The van der Waals surface area contributed by atoms with Gasteiger partial charge in [0.05, 0.1) is 0 Å². The maximum absolute atomic E-state index is 13.0. The number of carbonyl (C=O) groups is 2. The summed E-state index contributed by atoms with van der Waals surface area (Å²) in [5.74, 6) is 0.0349. The third kappa shape index (κ3) is 1.80. The number of aldehydes is 1. The lowest BCUT2D eigenvalue weighted by atomic mass is 9.81. The van der Waals surface area contributed by atoms with Crippen LogP contribution in [0.3, 0.4) is 0 Å². The first-order valence-corrected chi connectivity index (χ1v) is 10.3. The highest BCUT2D eigenvalue weighted by Crippen LogP contribution is 2.48. The van der Waals surface area contributed by atoms with E-state index in [0.29, 0.717) is 0 Å². The average Bonchev–Trinajstić information content (AvgIpc) is 2.80. The largest absolute Gasteiger partial charge is 0.303 e. The SMILES string of the molecule is O=CCCC(=O)c1cc2ccc3ccc4ccc5ccc6ccc1c1c6c5c4c3c21. The molecule has 7 aromatic carbocycles.